The van der Waals surface area contributed by atoms with Crippen molar-refractivity contribution in [3.05, 3.63) is 23.4 Å². The Morgan fingerprint density at radius 3 is 1.49 bits per heavy atom. The molecule has 0 aromatic carbocycles. The lowest BCUT2D eigenvalue weighted by atomic mass is 9.84. The topological polar surface area (TPSA) is 180 Å². The van der Waals surface area contributed by atoms with Crippen LogP contribution in [0.2, 0.25) is 0 Å². The number of hydrogen-bond donors (Lipinski definition) is 1. The van der Waals surface area contributed by atoms with Crippen LogP contribution >= 0.6 is 0 Å². The molecule has 1 amide bonds. The zero-order valence-corrected chi connectivity index (χ0v) is 37.4. The summed E-state index contributed by atoms with van der Waals surface area (Å²) in [6.07, 6.45) is 21.4. The fourth-order valence-corrected chi connectivity index (χ4v) is 8.60. The number of nitrogens with one attached hydrogen (secondary N) is 1. The summed E-state index contributed by atoms with van der Waals surface area (Å²) >= 11 is 0. The lowest BCUT2D eigenvalue weighted by Crippen LogP contribution is -2.44. The molecular weight excluding hydrogens is 753 g/mol. The highest BCUT2D eigenvalue weighted by molar-refractivity contribution is 5.90. The maximum Gasteiger partial charge on any atom is 0.307 e. The van der Waals surface area contributed by atoms with Gasteiger partial charge in [0.1, 0.15) is 11.2 Å². The number of carbonyl (C=O) groups is 4. The predicted molar refractivity (Wildman–Crippen MR) is 224 cm³/mol. The van der Waals surface area contributed by atoms with Gasteiger partial charge in [0.2, 0.25) is 23.4 Å². The Morgan fingerprint density at radius 1 is 0.678 bits per heavy atom. The summed E-state index contributed by atoms with van der Waals surface area (Å²) in [7, 11) is 1.95. The molecule has 2 atom stereocenters. The summed E-state index contributed by atoms with van der Waals surface area (Å²) in [5, 5.41) is 11.0. The number of rotatable bonds is 17. The molecule has 0 spiro atoms. The number of carbonyl (C=O) groups excluding carboxylic acids is 4. The molecule has 3 fully saturated rings. The minimum Gasteiger partial charge on any atom is -0.460 e. The molecule has 2 aliphatic carbocycles. The lowest BCUT2D eigenvalue weighted by Gasteiger charge is -2.30. The van der Waals surface area contributed by atoms with Gasteiger partial charge in [-0.2, -0.15) is 9.97 Å². The van der Waals surface area contributed by atoms with E-state index < -0.39 is 11.2 Å². The molecule has 3 aliphatic rings. The third-order valence-electron chi connectivity index (χ3n) is 11.7. The van der Waals surface area contributed by atoms with Crippen LogP contribution < -0.4 is 5.32 Å². The average Bonchev–Trinajstić information content (AvgIpc) is 3.88. The summed E-state index contributed by atoms with van der Waals surface area (Å²) in [5.74, 6) is 1.06. The molecule has 1 aliphatic heterocycles. The molecule has 14 nitrogen and oxygen atoms in total. The molecule has 2 aromatic heterocycles. The summed E-state index contributed by atoms with van der Waals surface area (Å²) in [6.45, 7) is 13.9. The van der Waals surface area contributed by atoms with E-state index in [-0.39, 0.29) is 60.0 Å². The molecule has 332 valence electrons. The van der Waals surface area contributed by atoms with Gasteiger partial charge >= 0.3 is 11.9 Å². The Kier molecular flexibility index (Phi) is 19.0. The van der Waals surface area contributed by atoms with Gasteiger partial charge in [0, 0.05) is 37.9 Å². The number of esters is 2. The van der Waals surface area contributed by atoms with Gasteiger partial charge in [-0.1, -0.05) is 100 Å². The fraction of sp³-hybridized carbons (Fsp3) is 0.822. The highest BCUT2D eigenvalue weighted by Crippen LogP contribution is 2.33. The molecule has 59 heavy (non-hydrogen) atoms. The van der Waals surface area contributed by atoms with Gasteiger partial charge in [0.15, 0.2) is 0 Å². The fourth-order valence-electron chi connectivity index (χ4n) is 8.60. The highest BCUT2D eigenvalue weighted by atomic mass is 16.6. The number of ketones is 1. The number of Topliss-reactive ketones (excluding diaryl/α,β-unsaturated/α-hetero) is 1. The summed E-state index contributed by atoms with van der Waals surface area (Å²) in [6, 6.07) is 0.442. The van der Waals surface area contributed by atoms with Crippen LogP contribution in [-0.2, 0) is 19.1 Å². The van der Waals surface area contributed by atoms with Crippen LogP contribution in [0.1, 0.15) is 222 Å². The standard InChI is InChI=1S/C25H42N4O4.C20H32N2O4/c1-25(2,3)32-21(30)17-19(12-8-11-18-9-6-5-7-10-18)23-27-22(28-33-23)24(31)29-15-13-20(26-4)14-16-29;1-14(23)18-21-19(26-22-18)16(13-17(24)25-20(2,3)4)12-8-11-15-9-6-5-7-10-15/h18-20,26H,5-17H2,1-4H3;15-16H,5-13H2,1-4H3/t19-;16-/m11/s1. The number of amides is 1. The first-order valence-electron chi connectivity index (χ1n) is 22.6. The van der Waals surface area contributed by atoms with Crippen LogP contribution in [0.25, 0.3) is 0 Å². The van der Waals surface area contributed by atoms with E-state index in [1.165, 1.54) is 77.6 Å². The maximum atomic E-state index is 12.9. The van der Waals surface area contributed by atoms with Crippen LogP contribution in [0.5, 0.6) is 0 Å². The van der Waals surface area contributed by atoms with Crippen molar-refractivity contribution in [1.29, 1.82) is 0 Å². The normalized spacial score (nSPS) is 18.4. The van der Waals surface area contributed by atoms with Crippen molar-refractivity contribution < 1.29 is 37.7 Å². The SMILES string of the molecule is CC(=O)c1noc([C@H](CCCC2CCCCC2)CC(=O)OC(C)(C)C)n1.CNC1CCN(C(=O)c2noc([C@H](CCCC3CCCCC3)CC(=O)OC(C)(C)C)n2)CC1. The molecule has 0 bridgehead atoms. The summed E-state index contributed by atoms with van der Waals surface area (Å²) < 4.78 is 21.8. The van der Waals surface area contributed by atoms with Crippen LogP contribution in [0, 0.1) is 11.8 Å². The molecule has 5 rings (SSSR count). The van der Waals surface area contributed by atoms with Gasteiger partial charge in [-0.25, -0.2) is 0 Å². The van der Waals surface area contributed by atoms with E-state index in [1.807, 2.05) is 48.6 Å². The second-order valence-corrected chi connectivity index (χ2v) is 19.2. The monoisotopic (exact) mass is 827 g/mol. The predicted octanol–water partition coefficient (Wildman–Crippen LogP) is 9.30. The average molecular weight is 827 g/mol. The Balaban J connectivity index is 0.000000268. The van der Waals surface area contributed by atoms with E-state index in [2.05, 4.69) is 25.6 Å². The molecule has 0 unspecified atom stereocenters. The lowest BCUT2D eigenvalue weighted by molar-refractivity contribution is -0.156. The highest BCUT2D eigenvalue weighted by Gasteiger charge is 2.31. The Bertz CT molecular complexity index is 1590. The molecule has 14 heteroatoms. The van der Waals surface area contributed by atoms with E-state index in [4.69, 9.17) is 18.5 Å². The molecule has 2 saturated carbocycles. The van der Waals surface area contributed by atoms with Crippen molar-refractivity contribution in [2.75, 3.05) is 20.1 Å². The first kappa shape index (κ1) is 48.0. The van der Waals surface area contributed by atoms with Crippen LogP contribution in [0.3, 0.4) is 0 Å². The largest absolute Gasteiger partial charge is 0.460 e. The van der Waals surface area contributed by atoms with E-state index in [0.29, 0.717) is 30.9 Å². The molecule has 1 saturated heterocycles. The number of hydrogen-bond acceptors (Lipinski definition) is 13. The van der Waals surface area contributed by atoms with Crippen molar-refractivity contribution >= 4 is 23.6 Å². The van der Waals surface area contributed by atoms with Gasteiger partial charge in [-0.3, -0.25) is 19.2 Å². The van der Waals surface area contributed by atoms with Crippen molar-refractivity contribution in [2.24, 2.45) is 11.8 Å². The van der Waals surface area contributed by atoms with E-state index in [0.717, 1.165) is 56.8 Å². The number of piperidine rings is 1. The Morgan fingerprint density at radius 2 is 1.10 bits per heavy atom. The van der Waals surface area contributed by atoms with Gasteiger partial charge in [0.25, 0.3) is 11.7 Å². The van der Waals surface area contributed by atoms with Crippen LogP contribution in [-0.4, -0.2) is 86.2 Å². The number of ether oxygens (including phenoxy) is 2. The Hall–Kier alpha value is -3.68. The van der Waals surface area contributed by atoms with Crippen molar-refractivity contribution in [2.45, 2.75) is 206 Å². The molecular formula is C45H74N6O8. The minimum absolute atomic E-state index is 0.0708. The Labute approximate surface area is 352 Å². The van der Waals surface area contributed by atoms with E-state index in [9.17, 15) is 19.2 Å². The zero-order valence-electron chi connectivity index (χ0n) is 37.4. The maximum absolute atomic E-state index is 12.9. The van der Waals surface area contributed by atoms with Crippen molar-refractivity contribution in [3.8, 4) is 0 Å². The summed E-state index contributed by atoms with van der Waals surface area (Å²) in [4.78, 5) is 59.6. The van der Waals surface area contributed by atoms with Crippen LogP contribution in [0.15, 0.2) is 9.05 Å². The third kappa shape index (κ3) is 17.4. The van der Waals surface area contributed by atoms with E-state index in [1.54, 1.807) is 4.90 Å². The van der Waals surface area contributed by atoms with Crippen LogP contribution in [0.4, 0.5) is 0 Å². The molecule has 3 heterocycles. The summed E-state index contributed by atoms with van der Waals surface area (Å²) in [5.41, 5.74) is -1.07. The second-order valence-electron chi connectivity index (χ2n) is 19.2. The molecule has 2 aromatic rings. The second kappa shape index (κ2) is 23.4. The van der Waals surface area contributed by atoms with E-state index >= 15 is 0 Å². The van der Waals surface area contributed by atoms with Gasteiger partial charge < -0.3 is 28.7 Å². The first-order valence-corrected chi connectivity index (χ1v) is 22.6. The molecule has 0 radical (unpaired) electrons. The zero-order chi connectivity index (χ0) is 43.0. The smallest absolute Gasteiger partial charge is 0.307 e. The van der Waals surface area contributed by atoms with Crippen molar-refractivity contribution in [3.63, 3.8) is 0 Å². The quantitative estimate of drug-likeness (QED) is 0.118. The molecule has 1 N–H and O–H groups in total. The van der Waals surface area contributed by atoms with Gasteiger partial charge in [0.05, 0.1) is 12.8 Å². The van der Waals surface area contributed by atoms with Gasteiger partial charge in [-0.15, -0.1) is 0 Å². The number of likely N-dealkylation sites (tertiary alicyclic amines) is 1. The third-order valence-corrected chi connectivity index (χ3v) is 11.7. The minimum atomic E-state index is -0.542. The number of aromatic nitrogens is 4. The first-order chi connectivity index (χ1) is 28.0. The van der Waals surface area contributed by atoms with Crippen molar-refractivity contribution in [1.82, 2.24) is 30.5 Å². The van der Waals surface area contributed by atoms with Gasteiger partial charge in [-0.05, 0) is 86.1 Å². The number of nitrogens with zero attached hydrogens (tertiary/aromatic N) is 5.